The molecular formula is C15H26N2O2. The van der Waals surface area contributed by atoms with E-state index in [2.05, 4.69) is 17.9 Å². The van der Waals surface area contributed by atoms with Crippen LogP contribution in [-0.4, -0.2) is 48.5 Å². The molecule has 0 aromatic heterocycles. The van der Waals surface area contributed by atoms with Crippen molar-refractivity contribution in [3.63, 3.8) is 0 Å². The molecule has 2 heterocycles. The predicted octanol–water partition coefficient (Wildman–Crippen LogP) is 1.93. The Morgan fingerprint density at radius 1 is 1.26 bits per heavy atom. The van der Waals surface area contributed by atoms with E-state index >= 15 is 0 Å². The van der Waals surface area contributed by atoms with Gasteiger partial charge in [0.2, 0.25) is 0 Å². The zero-order valence-electron chi connectivity index (χ0n) is 12.0. The van der Waals surface area contributed by atoms with Crippen LogP contribution in [0.25, 0.3) is 0 Å². The van der Waals surface area contributed by atoms with Gasteiger partial charge in [-0.25, -0.2) is 0 Å². The van der Waals surface area contributed by atoms with E-state index in [9.17, 15) is 10.4 Å². The number of nitrogens with zero attached hydrogens (tertiary/aromatic N) is 2. The average Bonchev–Trinajstić information content (AvgIpc) is 2.63. The minimum absolute atomic E-state index is 0.397. The van der Waals surface area contributed by atoms with Crippen LogP contribution >= 0.6 is 0 Å². The van der Waals surface area contributed by atoms with Crippen LogP contribution in [-0.2, 0) is 4.74 Å². The third-order valence-electron chi connectivity index (χ3n) is 4.79. The summed E-state index contributed by atoms with van der Waals surface area (Å²) in [6.45, 7) is 6.33. The number of nitriles is 1. The van der Waals surface area contributed by atoms with E-state index < -0.39 is 11.0 Å². The Morgan fingerprint density at radius 3 is 2.74 bits per heavy atom. The van der Waals surface area contributed by atoms with Gasteiger partial charge in [-0.05, 0) is 51.6 Å². The first-order chi connectivity index (χ1) is 9.16. The van der Waals surface area contributed by atoms with Crippen LogP contribution in [0.5, 0.6) is 0 Å². The lowest BCUT2D eigenvalue weighted by molar-refractivity contribution is -0.125. The third kappa shape index (κ3) is 2.94. The molecule has 1 N–H and O–H groups in total. The fraction of sp³-hybridized carbons (Fsp3) is 0.933. The predicted molar refractivity (Wildman–Crippen MR) is 73.6 cm³/mol. The molecule has 0 amide bonds. The monoisotopic (exact) mass is 266 g/mol. The highest BCUT2D eigenvalue weighted by Gasteiger charge is 2.52. The minimum atomic E-state index is -0.870. The molecule has 108 valence electrons. The summed E-state index contributed by atoms with van der Waals surface area (Å²) in [6, 6.07) is 2.41. The van der Waals surface area contributed by atoms with E-state index in [1.807, 2.05) is 0 Å². The lowest BCUT2D eigenvalue weighted by Gasteiger charge is -2.44. The standard InChI is InChI=1S/C15H26N2O2/c1-2-8-17-9-3-6-15(18,7-10-17)14(12-16)5-4-11-19-13-14/h18H,2-11,13H2,1H3. The molecule has 0 aromatic carbocycles. The minimum Gasteiger partial charge on any atom is -0.388 e. The summed E-state index contributed by atoms with van der Waals surface area (Å²) in [5.74, 6) is 0. The summed E-state index contributed by atoms with van der Waals surface area (Å²) in [4.78, 5) is 2.41. The molecule has 4 nitrogen and oxygen atoms in total. The molecule has 2 unspecified atom stereocenters. The van der Waals surface area contributed by atoms with Gasteiger partial charge in [0.25, 0.3) is 0 Å². The van der Waals surface area contributed by atoms with Crippen LogP contribution in [0.1, 0.15) is 45.4 Å². The topological polar surface area (TPSA) is 56.5 Å². The summed E-state index contributed by atoms with van der Waals surface area (Å²) in [5, 5.41) is 20.7. The van der Waals surface area contributed by atoms with Crippen molar-refractivity contribution in [3.8, 4) is 6.07 Å². The Balaban J connectivity index is 2.10. The van der Waals surface area contributed by atoms with Crippen LogP contribution in [0, 0.1) is 16.7 Å². The molecule has 0 spiro atoms. The smallest absolute Gasteiger partial charge is 0.109 e. The maximum Gasteiger partial charge on any atom is 0.109 e. The van der Waals surface area contributed by atoms with Crippen LogP contribution in [0.3, 0.4) is 0 Å². The van der Waals surface area contributed by atoms with Crippen molar-refractivity contribution in [2.45, 2.75) is 51.0 Å². The first kappa shape index (κ1) is 14.8. The molecule has 2 aliphatic heterocycles. The second kappa shape index (κ2) is 6.21. The molecule has 19 heavy (non-hydrogen) atoms. The number of likely N-dealkylation sites (tertiary alicyclic amines) is 1. The largest absolute Gasteiger partial charge is 0.388 e. The highest BCUT2D eigenvalue weighted by atomic mass is 16.5. The second-order valence-corrected chi connectivity index (χ2v) is 6.08. The SMILES string of the molecule is CCCN1CCCC(O)(C2(C#N)CCCOC2)CC1. The van der Waals surface area contributed by atoms with Crippen LogP contribution in [0.2, 0.25) is 0 Å². The van der Waals surface area contributed by atoms with Gasteiger partial charge in [0.15, 0.2) is 0 Å². The zero-order chi connectivity index (χ0) is 13.8. The molecule has 0 saturated carbocycles. The molecule has 0 bridgehead atoms. The van der Waals surface area contributed by atoms with Crippen molar-refractivity contribution in [1.29, 1.82) is 5.26 Å². The van der Waals surface area contributed by atoms with Gasteiger partial charge in [0, 0.05) is 13.2 Å². The van der Waals surface area contributed by atoms with E-state index in [-0.39, 0.29) is 0 Å². The molecule has 2 rings (SSSR count). The third-order valence-corrected chi connectivity index (χ3v) is 4.79. The van der Waals surface area contributed by atoms with Crippen molar-refractivity contribution >= 4 is 0 Å². The van der Waals surface area contributed by atoms with Gasteiger partial charge in [-0.15, -0.1) is 0 Å². The summed E-state index contributed by atoms with van der Waals surface area (Å²) in [6.07, 6.45) is 5.20. The Kier molecular flexibility index (Phi) is 4.83. The Bertz CT molecular complexity index is 334. The number of aliphatic hydroxyl groups is 1. The molecule has 0 aliphatic carbocycles. The van der Waals surface area contributed by atoms with Crippen molar-refractivity contribution in [1.82, 2.24) is 4.90 Å². The van der Waals surface area contributed by atoms with Crippen molar-refractivity contribution < 1.29 is 9.84 Å². The van der Waals surface area contributed by atoms with E-state index in [0.29, 0.717) is 13.0 Å². The lowest BCUT2D eigenvalue weighted by Crippen LogP contribution is -2.52. The van der Waals surface area contributed by atoms with E-state index in [1.54, 1.807) is 0 Å². The molecule has 2 atom stereocenters. The van der Waals surface area contributed by atoms with Gasteiger partial charge >= 0.3 is 0 Å². The first-order valence-corrected chi connectivity index (χ1v) is 7.59. The number of ether oxygens (including phenoxy) is 1. The molecule has 4 heteroatoms. The maximum absolute atomic E-state index is 11.1. The van der Waals surface area contributed by atoms with Gasteiger partial charge in [-0.1, -0.05) is 6.92 Å². The maximum atomic E-state index is 11.1. The highest BCUT2D eigenvalue weighted by molar-refractivity contribution is 5.13. The molecule has 2 aliphatic rings. The van der Waals surface area contributed by atoms with Gasteiger partial charge in [0.05, 0.1) is 18.3 Å². The summed E-state index contributed by atoms with van der Waals surface area (Å²) in [5.41, 5.74) is -1.56. The fourth-order valence-electron chi connectivity index (χ4n) is 3.55. The van der Waals surface area contributed by atoms with Crippen LogP contribution in [0.15, 0.2) is 0 Å². The van der Waals surface area contributed by atoms with E-state index in [0.717, 1.165) is 58.3 Å². The summed E-state index contributed by atoms with van der Waals surface area (Å²) in [7, 11) is 0. The van der Waals surface area contributed by atoms with Crippen LogP contribution < -0.4 is 0 Å². The van der Waals surface area contributed by atoms with Crippen molar-refractivity contribution in [2.75, 3.05) is 32.8 Å². The van der Waals surface area contributed by atoms with Gasteiger partial charge in [-0.3, -0.25) is 0 Å². The van der Waals surface area contributed by atoms with Gasteiger partial charge in [0.1, 0.15) is 5.41 Å². The number of hydrogen-bond acceptors (Lipinski definition) is 4. The fourth-order valence-corrected chi connectivity index (χ4v) is 3.55. The lowest BCUT2D eigenvalue weighted by atomic mass is 9.66. The molecule has 2 saturated heterocycles. The van der Waals surface area contributed by atoms with Crippen molar-refractivity contribution in [2.24, 2.45) is 5.41 Å². The number of hydrogen-bond donors (Lipinski definition) is 1. The molecule has 0 aromatic rings. The van der Waals surface area contributed by atoms with Crippen LogP contribution in [0.4, 0.5) is 0 Å². The molecule has 2 fully saturated rings. The first-order valence-electron chi connectivity index (χ1n) is 7.59. The summed E-state index contributed by atoms with van der Waals surface area (Å²) >= 11 is 0. The summed E-state index contributed by atoms with van der Waals surface area (Å²) < 4.78 is 5.51. The Hall–Kier alpha value is -0.630. The Labute approximate surface area is 116 Å². The average molecular weight is 266 g/mol. The van der Waals surface area contributed by atoms with Gasteiger partial charge in [-0.2, -0.15) is 5.26 Å². The van der Waals surface area contributed by atoms with E-state index in [4.69, 9.17) is 4.74 Å². The molecular weight excluding hydrogens is 240 g/mol. The quantitative estimate of drug-likeness (QED) is 0.848. The Morgan fingerprint density at radius 2 is 2.11 bits per heavy atom. The zero-order valence-corrected chi connectivity index (χ0v) is 12.0. The highest BCUT2D eigenvalue weighted by Crippen LogP contribution is 2.44. The number of rotatable bonds is 3. The van der Waals surface area contributed by atoms with Gasteiger partial charge < -0.3 is 14.7 Å². The van der Waals surface area contributed by atoms with E-state index in [1.165, 1.54) is 0 Å². The second-order valence-electron chi connectivity index (χ2n) is 6.08. The van der Waals surface area contributed by atoms with Crippen molar-refractivity contribution in [3.05, 3.63) is 0 Å². The molecule has 0 radical (unpaired) electrons. The normalized spacial score (nSPS) is 37.5.